The van der Waals surface area contributed by atoms with Crippen LogP contribution in [0, 0.1) is 6.92 Å². The first-order valence-corrected chi connectivity index (χ1v) is 8.55. The van der Waals surface area contributed by atoms with Crippen LogP contribution in [-0.4, -0.2) is 40.9 Å². The van der Waals surface area contributed by atoms with Crippen molar-refractivity contribution >= 4 is 5.91 Å². The van der Waals surface area contributed by atoms with Crippen molar-refractivity contribution in [3.8, 4) is 17.1 Å². The third kappa shape index (κ3) is 4.15. The fourth-order valence-corrected chi connectivity index (χ4v) is 2.62. The number of carbonyl (C=O) groups excluding carboxylic acids is 1. The fraction of sp³-hybridized carbons (Fsp3) is 0.250. The number of carbonyl (C=O) groups is 1. The highest BCUT2D eigenvalue weighted by Gasteiger charge is 2.18. The summed E-state index contributed by atoms with van der Waals surface area (Å²) < 4.78 is 6.71. The molecule has 0 fully saturated rings. The molecular weight excluding hydrogens is 328 g/mol. The van der Waals surface area contributed by atoms with Crippen LogP contribution in [0.5, 0.6) is 0 Å². The highest BCUT2D eigenvalue weighted by Crippen LogP contribution is 2.21. The highest BCUT2D eigenvalue weighted by atomic mass is 16.5. The lowest BCUT2D eigenvalue weighted by atomic mass is 10.2. The summed E-state index contributed by atoms with van der Waals surface area (Å²) in [5, 5.41) is 7.29. The zero-order chi connectivity index (χ0) is 18.4. The Morgan fingerprint density at radius 2 is 1.96 bits per heavy atom. The van der Waals surface area contributed by atoms with E-state index in [2.05, 4.69) is 15.4 Å². The lowest BCUT2D eigenvalue weighted by molar-refractivity contribution is 0.0938. The minimum absolute atomic E-state index is 0.155. The third-order valence-electron chi connectivity index (χ3n) is 3.90. The van der Waals surface area contributed by atoms with Gasteiger partial charge in [0.25, 0.3) is 5.91 Å². The normalized spacial score (nSPS) is 10.7. The van der Waals surface area contributed by atoms with Crippen molar-refractivity contribution in [2.24, 2.45) is 0 Å². The lowest BCUT2D eigenvalue weighted by Crippen LogP contribution is -2.26. The molecule has 0 unspecified atom stereocenters. The van der Waals surface area contributed by atoms with Gasteiger partial charge in [0, 0.05) is 25.8 Å². The number of amides is 1. The Labute approximate surface area is 152 Å². The fourth-order valence-electron chi connectivity index (χ4n) is 2.62. The van der Waals surface area contributed by atoms with E-state index in [0.29, 0.717) is 19.0 Å². The standard InChI is InChI=1S/C20H22N4O2/c1-15-8-6-11-17(14-15)24-19(16-9-4-3-5-10-16)22-18(23-24)20(25)21-12-7-13-26-2/h3-6,8-11,14H,7,12-13H2,1-2H3,(H,21,25). The number of hydrogen-bond acceptors (Lipinski definition) is 4. The maximum atomic E-state index is 12.4. The topological polar surface area (TPSA) is 69.0 Å². The second kappa shape index (κ2) is 8.40. The molecule has 0 atom stereocenters. The smallest absolute Gasteiger partial charge is 0.290 e. The molecule has 1 amide bonds. The molecule has 2 aromatic carbocycles. The molecule has 0 radical (unpaired) electrons. The van der Waals surface area contributed by atoms with Gasteiger partial charge in [0.2, 0.25) is 5.82 Å². The van der Waals surface area contributed by atoms with Crippen LogP contribution in [0.1, 0.15) is 22.6 Å². The molecule has 1 aromatic heterocycles. The molecule has 0 bridgehead atoms. The van der Waals surface area contributed by atoms with Crippen molar-refractivity contribution in [2.45, 2.75) is 13.3 Å². The molecule has 0 saturated carbocycles. The van der Waals surface area contributed by atoms with Crippen LogP contribution in [0.25, 0.3) is 17.1 Å². The highest BCUT2D eigenvalue weighted by molar-refractivity contribution is 5.91. The van der Waals surface area contributed by atoms with Crippen LogP contribution in [0.4, 0.5) is 0 Å². The third-order valence-corrected chi connectivity index (χ3v) is 3.90. The van der Waals surface area contributed by atoms with E-state index in [1.807, 2.05) is 61.5 Å². The van der Waals surface area contributed by atoms with Crippen LogP contribution < -0.4 is 5.32 Å². The zero-order valence-corrected chi connectivity index (χ0v) is 15.0. The molecule has 26 heavy (non-hydrogen) atoms. The average Bonchev–Trinajstić information content (AvgIpc) is 3.11. The number of aromatic nitrogens is 3. The number of benzene rings is 2. The summed E-state index contributed by atoms with van der Waals surface area (Å²) >= 11 is 0. The minimum Gasteiger partial charge on any atom is -0.385 e. The molecule has 0 aliphatic rings. The summed E-state index contributed by atoms with van der Waals surface area (Å²) in [6, 6.07) is 17.7. The van der Waals surface area contributed by atoms with Gasteiger partial charge in [-0.2, -0.15) is 0 Å². The van der Waals surface area contributed by atoms with Crippen LogP contribution in [0.3, 0.4) is 0 Å². The molecule has 0 saturated heterocycles. The van der Waals surface area contributed by atoms with Crippen molar-refractivity contribution in [3.05, 3.63) is 66.0 Å². The summed E-state index contributed by atoms with van der Waals surface area (Å²) in [6.45, 7) is 3.14. The Kier molecular flexibility index (Phi) is 5.76. The van der Waals surface area contributed by atoms with Gasteiger partial charge in [-0.3, -0.25) is 4.79 Å². The Morgan fingerprint density at radius 1 is 1.15 bits per heavy atom. The molecule has 0 aliphatic heterocycles. The monoisotopic (exact) mass is 350 g/mol. The average molecular weight is 350 g/mol. The molecule has 3 aromatic rings. The second-order valence-electron chi connectivity index (χ2n) is 5.98. The van der Waals surface area contributed by atoms with Gasteiger partial charge in [-0.1, -0.05) is 42.5 Å². The predicted octanol–water partition coefficient (Wildman–Crippen LogP) is 3.01. The van der Waals surface area contributed by atoms with E-state index in [0.717, 1.165) is 23.2 Å². The Bertz CT molecular complexity index is 875. The Hall–Kier alpha value is -2.99. The quantitative estimate of drug-likeness (QED) is 0.665. The number of nitrogens with one attached hydrogen (secondary N) is 1. The van der Waals surface area contributed by atoms with Crippen LogP contribution >= 0.6 is 0 Å². The molecule has 1 heterocycles. The summed E-state index contributed by atoms with van der Waals surface area (Å²) in [5.41, 5.74) is 2.89. The molecule has 1 N–H and O–H groups in total. The number of aryl methyl sites for hydroxylation is 1. The largest absolute Gasteiger partial charge is 0.385 e. The Balaban J connectivity index is 1.94. The Morgan fingerprint density at radius 3 is 2.69 bits per heavy atom. The number of methoxy groups -OCH3 is 1. The number of rotatable bonds is 7. The SMILES string of the molecule is COCCCNC(=O)c1nc(-c2ccccc2)n(-c2cccc(C)c2)n1. The van der Waals surface area contributed by atoms with Crippen molar-refractivity contribution in [3.63, 3.8) is 0 Å². The van der Waals surface area contributed by atoms with Gasteiger partial charge < -0.3 is 10.1 Å². The molecular formula is C20H22N4O2. The first kappa shape index (κ1) is 17.8. The maximum Gasteiger partial charge on any atom is 0.290 e. The molecule has 3 rings (SSSR count). The molecule has 0 spiro atoms. The van der Waals surface area contributed by atoms with Crippen molar-refractivity contribution < 1.29 is 9.53 Å². The van der Waals surface area contributed by atoms with Gasteiger partial charge in [-0.05, 0) is 31.0 Å². The minimum atomic E-state index is -0.287. The molecule has 6 nitrogen and oxygen atoms in total. The van der Waals surface area contributed by atoms with Gasteiger partial charge in [-0.25, -0.2) is 9.67 Å². The van der Waals surface area contributed by atoms with E-state index in [1.165, 1.54) is 0 Å². The van der Waals surface area contributed by atoms with E-state index in [9.17, 15) is 4.79 Å². The number of nitrogens with zero attached hydrogens (tertiary/aromatic N) is 3. The molecule has 134 valence electrons. The maximum absolute atomic E-state index is 12.4. The zero-order valence-electron chi connectivity index (χ0n) is 15.0. The first-order valence-electron chi connectivity index (χ1n) is 8.55. The summed E-state index contributed by atoms with van der Waals surface area (Å²) in [6.07, 6.45) is 0.742. The number of ether oxygens (including phenoxy) is 1. The number of hydrogen-bond donors (Lipinski definition) is 1. The van der Waals surface area contributed by atoms with E-state index in [4.69, 9.17) is 4.74 Å². The van der Waals surface area contributed by atoms with E-state index >= 15 is 0 Å². The van der Waals surface area contributed by atoms with Crippen LogP contribution in [0.15, 0.2) is 54.6 Å². The first-order chi connectivity index (χ1) is 12.7. The predicted molar refractivity (Wildman–Crippen MR) is 100 cm³/mol. The van der Waals surface area contributed by atoms with Gasteiger partial charge in [-0.15, -0.1) is 5.10 Å². The summed E-state index contributed by atoms with van der Waals surface area (Å²) in [7, 11) is 1.64. The van der Waals surface area contributed by atoms with Gasteiger partial charge in [0.15, 0.2) is 5.82 Å². The van der Waals surface area contributed by atoms with Gasteiger partial charge >= 0.3 is 0 Å². The van der Waals surface area contributed by atoms with Crippen LogP contribution in [0.2, 0.25) is 0 Å². The lowest BCUT2D eigenvalue weighted by Gasteiger charge is -2.06. The van der Waals surface area contributed by atoms with Crippen molar-refractivity contribution in [1.82, 2.24) is 20.1 Å². The molecule has 6 heteroatoms. The molecule has 0 aliphatic carbocycles. The van der Waals surface area contributed by atoms with Crippen molar-refractivity contribution in [1.29, 1.82) is 0 Å². The van der Waals surface area contributed by atoms with Gasteiger partial charge in [0.1, 0.15) is 0 Å². The van der Waals surface area contributed by atoms with E-state index in [1.54, 1.807) is 11.8 Å². The summed E-state index contributed by atoms with van der Waals surface area (Å²) in [4.78, 5) is 16.9. The van der Waals surface area contributed by atoms with Crippen molar-refractivity contribution in [2.75, 3.05) is 20.3 Å². The van der Waals surface area contributed by atoms with Gasteiger partial charge in [0.05, 0.1) is 5.69 Å². The van der Waals surface area contributed by atoms with Crippen LogP contribution in [-0.2, 0) is 4.74 Å². The summed E-state index contributed by atoms with van der Waals surface area (Å²) in [5.74, 6) is 0.505. The van der Waals surface area contributed by atoms with E-state index < -0.39 is 0 Å². The van der Waals surface area contributed by atoms with E-state index in [-0.39, 0.29) is 11.7 Å². The second-order valence-corrected chi connectivity index (χ2v) is 5.98.